The summed E-state index contributed by atoms with van der Waals surface area (Å²) in [6.07, 6.45) is 5.30. The molecule has 0 amide bonds. The van der Waals surface area contributed by atoms with Gasteiger partial charge in [-0.1, -0.05) is 19.9 Å². The van der Waals surface area contributed by atoms with Crippen molar-refractivity contribution in [2.45, 2.75) is 33.1 Å². The lowest BCUT2D eigenvalue weighted by Gasteiger charge is -2.08. The van der Waals surface area contributed by atoms with Crippen LogP contribution in [0, 0.1) is 5.41 Å². The Labute approximate surface area is 91.9 Å². The van der Waals surface area contributed by atoms with Crippen molar-refractivity contribution < 1.29 is 9.53 Å². The van der Waals surface area contributed by atoms with Gasteiger partial charge in [-0.15, -0.1) is 0 Å². The summed E-state index contributed by atoms with van der Waals surface area (Å²) in [5.74, 6) is -0.211. The lowest BCUT2D eigenvalue weighted by atomic mass is 10.1. The van der Waals surface area contributed by atoms with E-state index in [-0.39, 0.29) is 5.97 Å². The van der Waals surface area contributed by atoms with E-state index in [0.717, 1.165) is 25.1 Å². The van der Waals surface area contributed by atoms with Gasteiger partial charge in [0.2, 0.25) is 0 Å². The summed E-state index contributed by atoms with van der Waals surface area (Å²) in [6.45, 7) is 6.05. The molecule has 86 valence electrons. The van der Waals surface area contributed by atoms with Crippen LogP contribution in [-0.4, -0.2) is 26.2 Å². The summed E-state index contributed by atoms with van der Waals surface area (Å²) >= 11 is 0. The lowest BCUT2D eigenvalue weighted by Crippen LogP contribution is -2.22. The molecule has 0 spiro atoms. The first-order chi connectivity index (χ1) is 7.11. The molecule has 3 heteroatoms. The van der Waals surface area contributed by atoms with Crippen molar-refractivity contribution in [2.24, 2.45) is 5.41 Å². The van der Waals surface area contributed by atoms with Crippen LogP contribution in [0.2, 0.25) is 0 Å². The first-order valence-corrected chi connectivity index (χ1v) is 5.59. The van der Waals surface area contributed by atoms with Crippen LogP contribution in [0.5, 0.6) is 0 Å². The Morgan fingerprint density at radius 3 is 2.67 bits per heavy atom. The average molecular weight is 211 g/mol. The van der Waals surface area contributed by atoms with Gasteiger partial charge in [-0.05, 0) is 24.7 Å². The second-order valence-corrected chi connectivity index (χ2v) is 4.52. The Kier molecular flexibility index (Phi) is 4.33. The van der Waals surface area contributed by atoms with Crippen LogP contribution in [0.15, 0.2) is 11.6 Å². The molecule has 0 aromatic rings. The van der Waals surface area contributed by atoms with Gasteiger partial charge in [0.05, 0.1) is 7.11 Å². The number of esters is 1. The zero-order chi connectivity index (χ0) is 11.3. The number of rotatable bonds is 6. The Morgan fingerprint density at radius 2 is 2.20 bits per heavy atom. The molecule has 3 nitrogen and oxygen atoms in total. The van der Waals surface area contributed by atoms with E-state index in [1.165, 1.54) is 20.0 Å². The van der Waals surface area contributed by atoms with E-state index in [4.69, 9.17) is 0 Å². The third-order valence-corrected chi connectivity index (χ3v) is 2.98. The molecule has 1 aliphatic rings. The summed E-state index contributed by atoms with van der Waals surface area (Å²) in [6, 6.07) is 0. The summed E-state index contributed by atoms with van der Waals surface area (Å²) in [7, 11) is 1.42. The molecule has 0 unspecified atom stereocenters. The molecule has 0 aliphatic heterocycles. The average Bonchev–Trinajstić information content (AvgIpc) is 2.96. The van der Waals surface area contributed by atoms with Crippen molar-refractivity contribution >= 4 is 5.97 Å². The van der Waals surface area contributed by atoms with Gasteiger partial charge >= 0.3 is 5.97 Å². The van der Waals surface area contributed by atoms with Crippen molar-refractivity contribution in [1.29, 1.82) is 0 Å². The van der Waals surface area contributed by atoms with Crippen LogP contribution in [0.4, 0.5) is 0 Å². The minimum Gasteiger partial charge on any atom is -0.466 e. The topological polar surface area (TPSA) is 38.3 Å². The molecule has 0 aromatic heterocycles. The molecule has 1 aliphatic carbocycles. The van der Waals surface area contributed by atoms with Gasteiger partial charge in [0.25, 0.3) is 0 Å². The van der Waals surface area contributed by atoms with Gasteiger partial charge in [-0.25, -0.2) is 4.79 Å². The highest BCUT2D eigenvalue weighted by Gasteiger charge is 2.36. The Bertz CT molecular complexity index is 254. The van der Waals surface area contributed by atoms with Crippen molar-refractivity contribution in [3.8, 4) is 0 Å². The molecule has 1 fully saturated rings. The lowest BCUT2D eigenvalue weighted by molar-refractivity contribution is -0.136. The molecule has 0 atom stereocenters. The van der Waals surface area contributed by atoms with Crippen LogP contribution in [0.1, 0.15) is 33.1 Å². The standard InChI is InChI=1S/C12H21NO2/c1-4-10(11(14)15-3)5-8-13-9-12(2)6-7-12/h5,13H,4,6-9H2,1-3H3. The number of hydrogen-bond donors (Lipinski definition) is 1. The molecule has 0 radical (unpaired) electrons. The first kappa shape index (κ1) is 12.2. The minimum absolute atomic E-state index is 0.211. The fourth-order valence-electron chi connectivity index (χ4n) is 1.46. The zero-order valence-electron chi connectivity index (χ0n) is 9.93. The number of carbonyl (C=O) groups excluding carboxylic acids is 1. The molecule has 0 aromatic carbocycles. The minimum atomic E-state index is -0.211. The number of nitrogens with one attached hydrogen (secondary N) is 1. The fourth-order valence-corrected chi connectivity index (χ4v) is 1.46. The monoisotopic (exact) mass is 211 g/mol. The van der Waals surface area contributed by atoms with E-state index in [2.05, 4.69) is 17.0 Å². The largest absolute Gasteiger partial charge is 0.466 e. The van der Waals surface area contributed by atoms with E-state index in [9.17, 15) is 4.79 Å². The molecule has 15 heavy (non-hydrogen) atoms. The SMILES string of the molecule is CCC(=CCNCC1(C)CC1)C(=O)OC. The summed E-state index contributed by atoms with van der Waals surface area (Å²) in [5.41, 5.74) is 1.27. The number of hydrogen-bond acceptors (Lipinski definition) is 3. The van der Waals surface area contributed by atoms with Gasteiger partial charge in [-0.2, -0.15) is 0 Å². The third kappa shape index (κ3) is 4.04. The second kappa shape index (κ2) is 5.31. The van der Waals surface area contributed by atoms with Crippen LogP contribution in [0.25, 0.3) is 0 Å². The molecule has 1 saturated carbocycles. The van der Waals surface area contributed by atoms with Crippen molar-refractivity contribution in [2.75, 3.05) is 20.2 Å². The summed E-state index contributed by atoms with van der Waals surface area (Å²) in [4.78, 5) is 11.2. The smallest absolute Gasteiger partial charge is 0.333 e. The number of methoxy groups -OCH3 is 1. The fraction of sp³-hybridized carbons (Fsp3) is 0.750. The first-order valence-electron chi connectivity index (χ1n) is 5.59. The summed E-state index contributed by atoms with van der Waals surface area (Å²) in [5, 5.41) is 3.35. The maximum Gasteiger partial charge on any atom is 0.333 e. The van der Waals surface area contributed by atoms with Crippen LogP contribution < -0.4 is 5.32 Å². The van der Waals surface area contributed by atoms with Crippen LogP contribution in [-0.2, 0) is 9.53 Å². The maximum absolute atomic E-state index is 11.2. The van der Waals surface area contributed by atoms with E-state index in [0.29, 0.717) is 5.41 Å². The molecular formula is C12H21NO2. The van der Waals surface area contributed by atoms with Crippen molar-refractivity contribution in [3.63, 3.8) is 0 Å². The molecule has 0 saturated heterocycles. The van der Waals surface area contributed by atoms with Crippen LogP contribution in [0.3, 0.4) is 0 Å². The normalized spacial score (nSPS) is 18.7. The molecule has 1 N–H and O–H groups in total. The van der Waals surface area contributed by atoms with Crippen molar-refractivity contribution in [3.05, 3.63) is 11.6 Å². The van der Waals surface area contributed by atoms with Gasteiger partial charge in [-0.3, -0.25) is 0 Å². The molecule has 1 rings (SSSR count). The molecule has 0 bridgehead atoms. The Balaban J connectivity index is 2.24. The quantitative estimate of drug-likeness (QED) is 0.414. The number of ether oxygens (including phenoxy) is 1. The van der Waals surface area contributed by atoms with E-state index in [1.807, 2.05) is 13.0 Å². The van der Waals surface area contributed by atoms with E-state index >= 15 is 0 Å². The van der Waals surface area contributed by atoms with E-state index < -0.39 is 0 Å². The van der Waals surface area contributed by atoms with Gasteiger partial charge in [0.15, 0.2) is 0 Å². The highest BCUT2D eigenvalue weighted by Crippen LogP contribution is 2.43. The Hall–Kier alpha value is -0.830. The zero-order valence-corrected chi connectivity index (χ0v) is 9.93. The van der Waals surface area contributed by atoms with Gasteiger partial charge in [0.1, 0.15) is 0 Å². The van der Waals surface area contributed by atoms with Gasteiger partial charge in [0, 0.05) is 18.7 Å². The van der Waals surface area contributed by atoms with Crippen LogP contribution >= 0.6 is 0 Å². The summed E-state index contributed by atoms with van der Waals surface area (Å²) < 4.78 is 4.68. The van der Waals surface area contributed by atoms with E-state index in [1.54, 1.807) is 0 Å². The number of carbonyl (C=O) groups is 1. The predicted molar refractivity (Wildman–Crippen MR) is 60.6 cm³/mol. The highest BCUT2D eigenvalue weighted by atomic mass is 16.5. The predicted octanol–water partition coefficient (Wildman–Crippen LogP) is 1.89. The maximum atomic E-state index is 11.2. The third-order valence-electron chi connectivity index (χ3n) is 2.98. The van der Waals surface area contributed by atoms with Crippen molar-refractivity contribution in [1.82, 2.24) is 5.32 Å². The Morgan fingerprint density at radius 1 is 1.53 bits per heavy atom. The highest BCUT2D eigenvalue weighted by molar-refractivity contribution is 5.88. The second-order valence-electron chi connectivity index (χ2n) is 4.52. The van der Waals surface area contributed by atoms with Gasteiger partial charge < -0.3 is 10.1 Å². The molecular weight excluding hydrogens is 190 g/mol. The molecule has 0 heterocycles.